The van der Waals surface area contributed by atoms with Crippen LogP contribution in [0.4, 0.5) is 10.5 Å². The second kappa shape index (κ2) is 9.23. The van der Waals surface area contributed by atoms with Crippen molar-refractivity contribution >= 4 is 11.7 Å². The third-order valence-electron chi connectivity index (χ3n) is 3.36. The summed E-state index contributed by atoms with van der Waals surface area (Å²) in [5.74, 6) is 0. The summed E-state index contributed by atoms with van der Waals surface area (Å²) >= 11 is 0. The van der Waals surface area contributed by atoms with Crippen molar-refractivity contribution in [3.05, 3.63) is 29.3 Å². The van der Waals surface area contributed by atoms with Crippen LogP contribution in [0.3, 0.4) is 0 Å². The highest BCUT2D eigenvalue weighted by Crippen LogP contribution is 2.22. The number of anilines is 1. The minimum atomic E-state index is -0.146. The number of carbonyl (C=O) groups excluding carboxylic acids is 1. The zero-order valence-electron chi connectivity index (χ0n) is 13.6. The van der Waals surface area contributed by atoms with E-state index in [1.54, 1.807) is 7.05 Å². The van der Waals surface area contributed by atoms with Gasteiger partial charge in [0.2, 0.25) is 0 Å². The fraction of sp³-hybridized carbons (Fsp3) is 0.562. The summed E-state index contributed by atoms with van der Waals surface area (Å²) < 4.78 is 0. The van der Waals surface area contributed by atoms with Crippen LogP contribution in [0, 0.1) is 6.92 Å². The number of aryl methyl sites for hydroxylation is 1. The fourth-order valence-electron chi connectivity index (χ4n) is 2.33. The molecule has 0 unspecified atom stereocenters. The Morgan fingerprint density at radius 3 is 2.57 bits per heavy atom. The van der Waals surface area contributed by atoms with Gasteiger partial charge < -0.3 is 20.9 Å². The number of rotatable bonds is 3. The third kappa shape index (κ3) is 5.27. The Hall–Kier alpha value is -1.75. The molecule has 1 aromatic carbocycles. The molecule has 21 heavy (non-hydrogen) atoms. The Bertz CT molecular complexity index is 442. The molecule has 0 radical (unpaired) electrons. The lowest BCUT2D eigenvalue weighted by Gasteiger charge is -2.31. The zero-order chi connectivity index (χ0) is 15.7. The number of benzene rings is 1. The van der Waals surface area contributed by atoms with Crippen LogP contribution in [0.2, 0.25) is 0 Å². The van der Waals surface area contributed by atoms with Crippen LogP contribution in [0.1, 0.15) is 25.0 Å². The van der Waals surface area contributed by atoms with Crippen LogP contribution < -0.4 is 20.9 Å². The SMILES string of the molecule is CC.CNC(=O)NCc1cc(C)ccc1N1CCNCC1. The molecule has 1 fully saturated rings. The third-order valence-corrected chi connectivity index (χ3v) is 3.36. The minimum absolute atomic E-state index is 0.146. The zero-order valence-corrected chi connectivity index (χ0v) is 13.6. The van der Waals surface area contributed by atoms with Gasteiger partial charge in [-0.25, -0.2) is 4.79 Å². The van der Waals surface area contributed by atoms with Crippen LogP contribution in [-0.4, -0.2) is 39.3 Å². The summed E-state index contributed by atoms with van der Waals surface area (Å²) in [6.45, 7) is 10.7. The first-order valence-electron chi connectivity index (χ1n) is 7.71. The van der Waals surface area contributed by atoms with Crippen molar-refractivity contribution in [3.8, 4) is 0 Å². The summed E-state index contributed by atoms with van der Waals surface area (Å²) in [7, 11) is 1.63. The topological polar surface area (TPSA) is 56.4 Å². The summed E-state index contributed by atoms with van der Waals surface area (Å²) in [5.41, 5.74) is 3.61. The Morgan fingerprint density at radius 2 is 1.95 bits per heavy atom. The molecule has 2 amide bonds. The van der Waals surface area contributed by atoms with Gasteiger partial charge in [0.1, 0.15) is 0 Å². The van der Waals surface area contributed by atoms with E-state index in [-0.39, 0.29) is 6.03 Å². The van der Waals surface area contributed by atoms with Gasteiger partial charge in [-0.15, -0.1) is 0 Å². The van der Waals surface area contributed by atoms with E-state index < -0.39 is 0 Å². The Kier molecular flexibility index (Phi) is 7.61. The predicted molar refractivity (Wildman–Crippen MR) is 88.9 cm³/mol. The average molecular weight is 292 g/mol. The lowest BCUT2D eigenvalue weighted by atomic mass is 10.1. The first kappa shape index (κ1) is 17.3. The van der Waals surface area contributed by atoms with Crippen molar-refractivity contribution in [2.75, 3.05) is 38.1 Å². The first-order chi connectivity index (χ1) is 10.2. The van der Waals surface area contributed by atoms with Gasteiger partial charge in [0, 0.05) is 45.5 Å². The molecule has 1 aliphatic heterocycles. The number of piperazine rings is 1. The lowest BCUT2D eigenvalue weighted by molar-refractivity contribution is 0.242. The van der Waals surface area contributed by atoms with Gasteiger partial charge in [-0.1, -0.05) is 31.5 Å². The molecule has 2 rings (SSSR count). The molecule has 1 aliphatic rings. The van der Waals surface area contributed by atoms with E-state index in [1.165, 1.54) is 16.8 Å². The molecule has 0 aliphatic carbocycles. The van der Waals surface area contributed by atoms with Crippen molar-refractivity contribution < 1.29 is 4.79 Å². The number of nitrogens with zero attached hydrogens (tertiary/aromatic N) is 1. The molecule has 0 saturated carbocycles. The molecule has 1 saturated heterocycles. The van der Waals surface area contributed by atoms with Crippen molar-refractivity contribution in [1.29, 1.82) is 0 Å². The van der Waals surface area contributed by atoms with Gasteiger partial charge in [-0.2, -0.15) is 0 Å². The van der Waals surface area contributed by atoms with Gasteiger partial charge >= 0.3 is 6.03 Å². The fourth-order valence-corrected chi connectivity index (χ4v) is 2.33. The van der Waals surface area contributed by atoms with E-state index in [0.717, 1.165) is 26.2 Å². The monoisotopic (exact) mass is 292 g/mol. The normalized spacial score (nSPS) is 14.0. The molecule has 1 heterocycles. The van der Waals surface area contributed by atoms with Crippen molar-refractivity contribution in [2.24, 2.45) is 0 Å². The van der Waals surface area contributed by atoms with Crippen LogP contribution in [0.15, 0.2) is 18.2 Å². The van der Waals surface area contributed by atoms with Gasteiger partial charge in [0.25, 0.3) is 0 Å². The van der Waals surface area contributed by atoms with Gasteiger partial charge in [0.15, 0.2) is 0 Å². The molecule has 0 spiro atoms. The molecule has 118 valence electrons. The molecule has 0 aromatic heterocycles. The van der Waals surface area contributed by atoms with Crippen LogP contribution in [-0.2, 0) is 6.54 Å². The molecule has 5 nitrogen and oxygen atoms in total. The van der Waals surface area contributed by atoms with Crippen molar-refractivity contribution in [1.82, 2.24) is 16.0 Å². The van der Waals surface area contributed by atoms with Gasteiger partial charge in [0.05, 0.1) is 0 Å². The highest BCUT2D eigenvalue weighted by atomic mass is 16.2. The van der Waals surface area contributed by atoms with Crippen molar-refractivity contribution in [2.45, 2.75) is 27.3 Å². The molecule has 5 heteroatoms. The van der Waals surface area contributed by atoms with E-state index in [2.05, 4.69) is 46.0 Å². The number of hydrogen-bond donors (Lipinski definition) is 3. The quantitative estimate of drug-likeness (QED) is 0.797. The average Bonchev–Trinajstić information content (AvgIpc) is 2.55. The van der Waals surface area contributed by atoms with Crippen molar-refractivity contribution in [3.63, 3.8) is 0 Å². The minimum Gasteiger partial charge on any atom is -0.369 e. The second-order valence-corrected chi connectivity index (χ2v) is 4.80. The predicted octanol–water partition coefficient (Wildman–Crippen LogP) is 1.86. The number of hydrogen-bond acceptors (Lipinski definition) is 3. The van der Waals surface area contributed by atoms with E-state index >= 15 is 0 Å². The molecular weight excluding hydrogens is 264 g/mol. The van der Waals surface area contributed by atoms with Crippen LogP contribution in [0.5, 0.6) is 0 Å². The van der Waals surface area contributed by atoms with Crippen LogP contribution >= 0.6 is 0 Å². The van der Waals surface area contributed by atoms with Gasteiger partial charge in [-0.05, 0) is 18.6 Å². The maximum atomic E-state index is 11.3. The molecule has 1 aromatic rings. The largest absolute Gasteiger partial charge is 0.369 e. The summed E-state index contributed by atoms with van der Waals surface area (Å²) in [4.78, 5) is 13.7. The maximum Gasteiger partial charge on any atom is 0.314 e. The first-order valence-corrected chi connectivity index (χ1v) is 7.71. The highest BCUT2D eigenvalue weighted by molar-refractivity contribution is 5.73. The smallest absolute Gasteiger partial charge is 0.314 e. The summed E-state index contributed by atoms with van der Waals surface area (Å²) in [6, 6.07) is 6.28. The van der Waals surface area contributed by atoms with Gasteiger partial charge in [-0.3, -0.25) is 0 Å². The molecule has 3 N–H and O–H groups in total. The standard InChI is InChI=1S/C14H22N4O.C2H6/c1-11-3-4-13(18-7-5-16-6-8-18)12(9-11)10-17-14(19)15-2;1-2/h3-4,9,16H,5-8,10H2,1-2H3,(H2,15,17,19);1-2H3. The maximum absolute atomic E-state index is 11.3. The van der Waals surface area contributed by atoms with Crippen LogP contribution in [0.25, 0.3) is 0 Å². The summed E-state index contributed by atoms with van der Waals surface area (Å²) in [6.07, 6.45) is 0. The molecule has 0 atom stereocenters. The number of nitrogens with one attached hydrogen (secondary N) is 3. The Balaban J connectivity index is 0.00000106. The van der Waals surface area contributed by atoms with E-state index in [0.29, 0.717) is 6.54 Å². The van der Waals surface area contributed by atoms with E-state index in [1.807, 2.05) is 13.8 Å². The number of urea groups is 1. The summed E-state index contributed by atoms with van der Waals surface area (Å²) in [5, 5.41) is 8.79. The highest BCUT2D eigenvalue weighted by Gasteiger charge is 2.14. The number of amides is 2. The lowest BCUT2D eigenvalue weighted by Crippen LogP contribution is -2.44. The number of carbonyl (C=O) groups is 1. The Morgan fingerprint density at radius 1 is 1.29 bits per heavy atom. The molecule has 0 bridgehead atoms. The molecular formula is C16H28N4O. The Labute approximate surface area is 128 Å². The second-order valence-electron chi connectivity index (χ2n) is 4.80. The van der Waals surface area contributed by atoms with E-state index in [9.17, 15) is 4.79 Å². The van der Waals surface area contributed by atoms with E-state index in [4.69, 9.17) is 0 Å².